The Labute approximate surface area is 324 Å². The van der Waals surface area contributed by atoms with Gasteiger partial charge in [0.05, 0.1) is 39.0 Å². The van der Waals surface area contributed by atoms with E-state index in [9.17, 15) is 0 Å². The molecular formula is C52H34N4. The quantitative estimate of drug-likeness (QED) is 0.172. The van der Waals surface area contributed by atoms with Crippen LogP contribution < -0.4 is 0 Å². The number of para-hydroxylation sites is 2. The Morgan fingerprint density at radius 3 is 1.70 bits per heavy atom. The molecule has 0 spiro atoms. The summed E-state index contributed by atoms with van der Waals surface area (Å²) in [6.07, 6.45) is 1.89. The van der Waals surface area contributed by atoms with Crippen molar-refractivity contribution in [1.29, 1.82) is 0 Å². The summed E-state index contributed by atoms with van der Waals surface area (Å²) in [7, 11) is 0. The van der Waals surface area contributed by atoms with E-state index in [0.29, 0.717) is 0 Å². The fourth-order valence-corrected chi connectivity index (χ4v) is 8.43. The van der Waals surface area contributed by atoms with E-state index in [-0.39, 0.29) is 0 Å². The van der Waals surface area contributed by atoms with Gasteiger partial charge in [0.2, 0.25) is 0 Å². The van der Waals surface area contributed by atoms with Crippen LogP contribution in [0.4, 0.5) is 0 Å². The Balaban J connectivity index is 1.09. The summed E-state index contributed by atoms with van der Waals surface area (Å²) < 4.78 is 4.73. The molecule has 4 aromatic heterocycles. The number of pyridine rings is 2. The number of nitrogens with zero attached hydrogens (tertiary/aromatic N) is 4. The first-order valence-electron chi connectivity index (χ1n) is 19.0. The largest absolute Gasteiger partial charge is 0.309 e. The summed E-state index contributed by atoms with van der Waals surface area (Å²) in [4.78, 5) is 10.0. The van der Waals surface area contributed by atoms with E-state index in [2.05, 4.69) is 191 Å². The molecule has 56 heavy (non-hydrogen) atoms. The lowest BCUT2D eigenvalue weighted by molar-refractivity contribution is 1.18. The summed E-state index contributed by atoms with van der Waals surface area (Å²) in [5, 5.41) is 3.59. The maximum atomic E-state index is 5.13. The summed E-state index contributed by atoms with van der Waals surface area (Å²) in [6.45, 7) is 0. The molecule has 0 amide bonds. The maximum Gasteiger partial charge on any atom is 0.0963 e. The van der Waals surface area contributed by atoms with Crippen LogP contribution in [-0.4, -0.2) is 19.1 Å². The lowest BCUT2D eigenvalue weighted by Crippen LogP contribution is -1.95. The van der Waals surface area contributed by atoms with Crippen LogP contribution in [0.2, 0.25) is 0 Å². The molecule has 0 unspecified atom stereocenters. The first-order valence-corrected chi connectivity index (χ1v) is 19.0. The molecule has 4 nitrogen and oxygen atoms in total. The molecule has 0 aliphatic rings. The minimum absolute atomic E-state index is 0.952. The van der Waals surface area contributed by atoms with E-state index in [1.54, 1.807) is 0 Å². The van der Waals surface area contributed by atoms with Crippen molar-refractivity contribution in [1.82, 2.24) is 19.1 Å². The molecule has 0 fully saturated rings. The Morgan fingerprint density at radius 1 is 0.339 bits per heavy atom. The molecule has 0 aliphatic heterocycles. The fourth-order valence-electron chi connectivity index (χ4n) is 8.43. The Kier molecular flexibility index (Phi) is 7.46. The van der Waals surface area contributed by atoms with Crippen LogP contribution in [0.15, 0.2) is 206 Å². The minimum Gasteiger partial charge on any atom is -0.309 e. The van der Waals surface area contributed by atoms with Crippen LogP contribution in [0.25, 0.3) is 99.9 Å². The predicted molar refractivity (Wildman–Crippen MR) is 232 cm³/mol. The van der Waals surface area contributed by atoms with Crippen LogP contribution in [0.1, 0.15) is 0 Å². The number of rotatable bonds is 6. The van der Waals surface area contributed by atoms with Gasteiger partial charge < -0.3 is 9.13 Å². The van der Waals surface area contributed by atoms with Gasteiger partial charge in [0, 0.05) is 44.9 Å². The lowest BCUT2D eigenvalue weighted by Gasteiger charge is -2.13. The SMILES string of the molecule is c1ccc(-c2cc(-c3cccc(-n4c5ccccc5c5c(-c6ccc7c(c6)c6ncccc6n7-c6ccccc6)cccc54)c3)cc(-c3ccccc3)n2)cc1. The summed E-state index contributed by atoms with van der Waals surface area (Å²) in [6, 6.07) is 71.3. The van der Waals surface area contributed by atoms with Crippen LogP contribution in [-0.2, 0) is 0 Å². The van der Waals surface area contributed by atoms with Gasteiger partial charge in [0.1, 0.15) is 0 Å². The van der Waals surface area contributed by atoms with Gasteiger partial charge in [-0.05, 0) is 95.1 Å². The average Bonchev–Trinajstić information content (AvgIpc) is 3.80. The van der Waals surface area contributed by atoms with Gasteiger partial charge in [-0.15, -0.1) is 0 Å². The number of hydrogen-bond acceptors (Lipinski definition) is 2. The smallest absolute Gasteiger partial charge is 0.0963 e. The zero-order chi connectivity index (χ0) is 37.0. The second-order valence-corrected chi connectivity index (χ2v) is 14.2. The van der Waals surface area contributed by atoms with Crippen molar-refractivity contribution < 1.29 is 0 Å². The van der Waals surface area contributed by atoms with Gasteiger partial charge in [-0.2, -0.15) is 0 Å². The normalized spacial score (nSPS) is 11.6. The molecule has 0 saturated carbocycles. The molecule has 262 valence electrons. The van der Waals surface area contributed by atoms with Crippen molar-refractivity contribution in [2.24, 2.45) is 0 Å². The van der Waals surface area contributed by atoms with Gasteiger partial charge in [-0.25, -0.2) is 4.98 Å². The second-order valence-electron chi connectivity index (χ2n) is 14.2. The van der Waals surface area contributed by atoms with Gasteiger partial charge in [-0.1, -0.05) is 127 Å². The second kappa shape index (κ2) is 13.1. The number of fused-ring (bicyclic) bond motifs is 6. The van der Waals surface area contributed by atoms with Crippen molar-refractivity contribution in [3.05, 3.63) is 206 Å². The predicted octanol–water partition coefficient (Wildman–Crippen LogP) is 13.3. The van der Waals surface area contributed by atoms with Gasteiger partial charge in [0.15, 0.2) is 0 Å². The van der Waals surface area contributed by atoms with Crippen molar-refractivity contribution in [3.63, 3.8) is 0 Å². The highest BCUT2D eigenvalue weighted by Gasteiger charge is 2.19. The highest BCUT2D eigenvalue weighted by Crippen LogP contribution is 2.41. The monoisotopic (exact) mass is 714 g/mol. The molecule has 0 saturated heterocycles. The fraction of sp³-hybridized carbons (Fsp3) is 0. The molecule has 0 bridgehead atoms. The van der Waals surface area contributed by atoms with Crippen molar-refractivity contribution in [2.75, 3.05) is 0 Å². The molecule has 0 radical (unpaired) electrons. The zero-order valence-electron chi connectivity index (χ0n) is 30.4. The van der Waals surface area contributed by atoms with E-state index in [1.165, 1.54) is 21.9 Å². The van der Waals surface area contributed by atoms with Crippen LogP contribution >= 0.6 is 0 Å². The molecule has 4 heteroatoms. The van der Waals surface area contributed by atoms with Gasteiger partial charge in [0.25, 0.3) is 0 Å². The molecule has 0 aliphatic carbocycles. The van der Waals surface area contributed by atoms with E-state index in [4.69, 9.17) is 9.97 Å². The molecule has 0 N–H and O–H groups in total. The topological polar surface area (TPSA) is 35.6 Å². The average molecular weight is 715 g/mol. The highest BCUT2D eigenvalue weighted by atomic mass is 15.0. The van der Waals surface area contributed by atoms with E-state index < -0.39 is 0 Å². The lowest BCUT2D eigenvalue weighted by atomic mass is 9.98. The molecule has 11 aromatic rings. The van der Waals surface area contributed by atoms with Gasteiger partial charge in [-0.3, -0.25) is 4.98 Å². The third-order valence-corrected chi connectivity index (χ3v) is 10.9. The Morgan fingerprint density at radius 2 is 0.929 bits per heavy atom. The van der Waals surface area contributed by atoms with Crippen molar-refractivity contribution in [3.8, 4) is 56.1 Å². The standard InChI is InChI=1S/C52H34N4/c1-4-15-35(16-5-1)45-33-39(34-46(54-45)36-17-6-2-7-18-36)37-19-12-22-41(31-37)56-47-25-11-10-23-43(47)51-42(24-13-26-49(51)56)38-28-29-48-44(32-38)52-50(27-14-30-53-52)55(48)40-20-8-3-9-21-40/h1-34H. The summed E-state index contributed by atoms with van der Waals surface area (Å²) in [5.74, 6) is 0. The van der Waals surface area contributed by atoms with E-state index >= 15 is 0 Å². The van der Waals surface area contributed by atoms with Crippen LogP contribution in [0, 0.1) is 0 Å². The molecule has 4 heterocycles. The van der Waals surface area contributed by atoms with E-state index in [0.717, 1.165) is 78.0 Å². The minimum atomic E-state index is 0.952. The molecular weight excluding hydrogens is 681 g/mol. The maximum absolute atomic E-state index is 5.13. The Hall–Kier alpha value is -7.56. The zero-order valence-corrected chi connectivity index (χ0v) is 30.4. The van der Waals surface area contributed by atoms with E-state index in [1.807, 2.05) is 24.4 Å². The molecule has 11 rings (SSSR count). The van der Waals surface area contributed by atoms with Crippen molar-refractivity contribution in [2.45, 2.75) is 0 Å². The highest BCUT2D eigenvalue weighted by molar-refractivity contribution is 6.17. The summed E-state index contributed by atoms with van der Waals surface area (Å²) in [5.41, 5.74) is 16.5. The first kappa shape index (κ1) is 31.9. The summed E-state index contributed by atoms with van der Waals surface area (Å²) >= 11 is 0. The molecule has 7 aromatic carbocycles. The Bertz CT molecular complexity index is 3170. The third-order valence-electron chi connectivity index (χ3n) is 10.9. The number of benzene rings is 7. The van der Waals surface area contributed by atoms with Crippen molar-refractivity contribution >= 4 is 43.7 Å². The third kappa shape index (κ3) is 5.23. The van der Waals surface area contributed by atoms with Crippen LogP contribution in [0.3, 0.4) is 0 Å². The number of aromatic nitrogens is 4. The molecule has 0 atom stereocenters. The van der Waals surface area contributed by atoms with Gasteiger partial charge >= 0.3 is 0 Å². The number of hydrogen-bond donors (Lipinski definition) is 0. The first-order chi connectivity index (χ1) is 27.8. The van der Waals surface area contributed by atoms with Crippen LogP contribution in [0.5, 0.6) is 0 Å².